The average Bonchev–Trinajstić information content (AvgIpc) is 2.74. The van der Waals surface area contributed by atoms with Crippen molar-refractivity contribution in [3.8, 4) is 0 Å². The van der Waals surface area contributed by atoms with Gasteiger partial charge in [-0.3, -0.25) is 4.79 Å². The molecule has 1 aromatic heterocycles. The number of amides is 1. The minimum absolute atomic E-state index is 0.0376. The highest BCUT2D eigenvalue weighted by Crippen LogP contribution is 2.11. The number of carbonyl (C=O) groups is 1. The van der Waals surface area contributed by atoms with Crippen LogP contribution in [-0.4, -0.2) is 26.1 Å². The summed E-state index contributed by atoms with van der Waals surface area (Å²) in [6, 6.07) is 3.08. The van der Waals surface area contributed by atoms with E-state index in [-0.39, 0.29) is 11.7 Å². The first-order chi connectivity index (χ1) is 7.07. The largest absolute Gasteiger partial charge is 0.344 e. The van der Waals surface area contributed by atoms with Gasteiger partial charge in [-0.2, -0.15) is 0 Å². The van der Waals surface area contributed by atoms with E-state index in [9.17, 15) is 13.2 Å². The molecule has 1 unspecified atom stereocenters. The summed E-state index contributed by atoms with van der Waals surface area (Å²) in [7, 11) is -3.10. The molecule has 80 valence electrons. The number of hydrogen-bond acceptors (Lipinski definition) is 4. The third kappa shape index (κ3) is 2.45. The number of hydrogen-bond donors (Lipinski definition) is 1. The zero-order chi connectivity index (χ0) is 10.9. The molecule has 0 bridgehead atoms. The predicted octanol–water partition coefficient (Wildman–Crippen LogP) is 0.789. The summed E-state index contributed by atoms with van der Waals surface area (Å²) in [5, 5.41) is 5.59. The van der Waals surface area contributed by atoms with Gasteiger partial charge in [0.1, 0.15) is 0 Å². The Morgan fingerprint density at radius 1 is 1.53 bits per heavy atom. The first-order valence-corrected chi connectivity index (χ1v) is 6.92. The summed E-state index contributed by atoms with van der Waals surface area (Å²) in [5.74, 6) is -0.263. The molecule has 2 rings (SSSR count). The molecule has 15 heavy (non-hydrogen) atoms. The molecule has 0 radical (unpaired) electrons. The van der Waals surface area contributed by atoms with Crippen LogP contribution in [0.15, 0.2) is 29.0 Å². The maximum Gasteiger partial charge on any atom is 0.261 e. The standard InChI is InChI=1S/C9H9NO3S2/c11-9(8-2-1-4-14-8)10-7-3-5-15(12,13)6-7/h1-5,7H,6H2,(H,10,11). The van der Waals surface area contributed by atoms with Gasteiger partial charge in [0.05, 0.1) is 16.7 Å². The maximum absolute atomic E-state index is 11.5. The Morgan fingerprint density at radius 3 is 2.87 bits per heavy atom. The van der Waals surface area contributed by atoms with E-state index in [1.165, 1.54) is 17.4 Å². The Balaban J connectivity index is 2.01. The van der Waals surface area contributed by atoms with E-state index in [0.717, 1.165) is 5.41 Å². The molecule has 6 heteroatoms. The number of nitrogens with one attached hydrogen (secondary N) is 1. The van der Waals surface area contributed by atoms with E-state index in [0.29, 0.717) is 4.88 Å². The third-order valence-electron chi connectivity index (χ3n) is 1.99. The van der Waals surface area contributed by atoms with Crippen LogP contribution in [0.3, 0.4) is 0 Å². The highest BCUT2D eigenvalue weighted by atomic mass is 32.2. The molecule has 0 fully saturated rings. The first-order valence-electron chi connectivity index (χ1n) is 4.32. The molecule has 1 aliphatic heterocycles. The minimum Gasteiger partial charge on any atom is -0.344 e. The van der Waals surface area contributed by atoms with Gasteiger partial charge >= 0.3 is 0 Å². The first kappa shape index (κ1) is 10.4. The predicted molar refractivity (Wildman–Crippen MR) is 58.5 cm³/mol. The molecule has 0 aliphatic carbocycles. The van der Waals surface area contributed by atoms with Crippen LogP contribution < -0.4 is 5.32 Å². The molecule has 0 saturated heterocycles. The zero-order valence-corrected chi connectivity index (χ0v) is 9.35. The summed E-state index contributed by atoms with van der Waals surface area (Å²) in [6.45, 7) is 0. The summed E-state index contributed by atoms with van der Waals surface area (Å²) in [5.41, 5.74) is 0. The lowest BCUT2D eigenvalue weighted by molar-refractivity contribution is 0.0952. The monoisotopic (exact) mass is 243 g/mol. The smallest absolute Gasteiger partial charge is 0.261 e. The van der Waals surface area contributed by atoms with Gasteiger partial charge < -0.3 is 5.32 Å². The highest BCUT2D eigenvalue weighted by Gasteiger charge is 2.23. The van der Waals surface area contributed by atoms with Crippen LogP contribution >= 0.6 is 11.3 Å². The summed E-state index contributed by atoms with van der Waals surface area (Å²) in [6.07, 6.45) is 1.50. The lowest BCUT2D eigenvalue weighted by atomic mass is 10.3. The van der Waals surface area contributed by atoms with E-state index in [2.05, 4.69) is 5.32 Å². The van der Waals surface area contributed by atoms with Crippen molar-refractivity contribution in [2.24, 2.45) is 0 Å². The number of carbonyl (C=O) groups excluding carboxylic acids is 1. The van der Waals surface area contributed by atoms with Crippen molar-refractivity contribution in [1.82, 2.24) is 5.32 Å². The van der Waals surface area contributed by atoms with Crippen LogP contribution in [0.25, 0.3) is 0 Å². The second-order valence-corrected chi connectivity index (χ2v) is 6.09. The van der Waals surface area contributed by atoms with Crippen molar-refractivity contribution >= 4 is 27.1 Å². The molecule has 4 nitrogen and oxygen atoms in total. The van der Waals surface area contributed by atoms with E-state index < -0.39 is 15.9 Å². The Kier molecular flexibility index (Phi) is 2.62. The highest BCUT2D eigenvalue weighted by molar-refractivity contribution is 7.94. The Morgan fingerprint density at radius 2 is 2.33 bits per heavy atom. The third-order valence-corrected chi connectivity index (χ3v) is 4.26. The molecule has 0 saturated carbocycles. The van der Waals surface area contributed by atoms with Crippen molar-refractivity contribution in [3.05, 3.63) is 33.9 Å². The summed E-state index contributed by atoms with van der Waals surface area (Å²) in [4.78, 5) is 12.1. The number of rotatable bonds is 2. The maximum atomic E-state index is 11.5. The van der Waals surface area contributed by atoms with Crippen molar-refractivity contribution < 1.29 is 13.2 Å². The van der Waals surface area contributed by atoms with Crippen molar-refractivity contribution in [2.45, 2.75) is 6.04 Å². The average molecular weight is 243 g/mol. The van der Waals surface area contributed by atoms with E-state index in [1.807, 2.05) is 0 Å². The molecule has 0 aromatic carbocycles. The molecule has 1 atom stereocenters. The second-order valence-electron chi connectivity index (χ2n) is 3.22. The van der Waals surface area contributed by atoms with Crippen LogP contribution in [0.4, 0.5) is 0 Å². The summed E-state index contributed by atoms with van der Waals surface area (Å²) < 4.78 is 22.1. The van der Waals surface area contributed by atoms with Gasteiger partial charge in [0, 0.05) is 5.41 Å². The molecular weight excluding hydrogens is 234 g/mol. The number of thiophene rings is 1. The Labute approximate surface area is 91.5 Å². The minimum atomic E-state index is -3.10. The van der Waals surface area contributed by atoms with Crippen LogP contribution in [0, 0.1) is 0 Å². The lowest BCUT2D eigenvalue weighted by Crippen LogP contribution is -2.34. The van der Waals surface area contributed by atoms with Crippen LogP contribution in [-0.2, 0) is 9.84 Å². The normalized spacial score (nSPS) is 22.8. The molecule has 1 aliphatic rings. The van der Waals surface area contributed by atoms with E-state index in [4.69, 9.17) is 0 Å². The second kappa shape index (κ2) is 3.79. The zero-order valence-electron chi connectivity index (χ0n) is 7.71. The fourth-order valence-electron chi connectivity index (χ4n) is 1.31. The molecule has 1 aromatic rings. The fourth-order valence-corrected chi connectivity index (χ4v) is 3.18. The van der Waals surface area contributed by atoms with E-state index >= 15 is 0 Å². The fraction of sp³-hybridized carbons (Fsp3) is 0.222. The quantitative estimate of drug-likeness (QED) is 0.835. The van der Waals surface area contributed by atoms with Crippen LogP contribution in [0.2, 0.25) is 0 Å². The summed E-state index contributed by atoms with van der Waals surface area (Å²) >= 11 is 1.33. The van der Waals surface area contributed by atoms with Crippen molar-refractivity contribution in [1.29, 1.82) is 0 Å². The molecule has 1 amide bonds. The van der Waals surface area contributed by atoms with Crippen LogP contribution in [0.5, 0.6) is 0 Å². The Hall–Kier alpha value is -1.14. The number of sulfone groups is 1. The van der Waals surface area contributed by atoms with Gasteiger partial charge in [-0.05, 0) is 17.5 Å². The SMILES string of the molecule is O=C(NC1C=CS(=O)(=O)C1)c1cccs1. The van der Waals surface area contributed by atoms with Gasteiger partial charge in [-0.25, -0.2) is 8.42 Å². The van der Waals surface area contributed by atoms with Crippen molar-refractivity contribution in [2.75, 3.05) is 5.75 Å². The van der Waals surface area contributed by atoms with Gasteiger partial charge in [-0.1, -0.05) is 6.07 Å². The molecule has 0 spiro atoms. The molecular formula is C9H9NO3S2. The topological polar surface area (TPSA) is 63.2 Å². The van der Waals surface area contributed by atoms with Gasteiger partial charge in [-0.15, -0.1) is 11.3 Å². The van der Waals surface area contributed by atoms with E-state index in [1.54, 1.807) is 17.5 Å². The molecule has 1 N–H and O–H groups in total. The van der Waals surface area contributed by atoms with Gasteiger partial charge in [0.2, 0.25) is 0 Å². The van der Waals surface area contributed by atoms with Gasteiger partial charge in [0.15, 0.2) is 9.84 Å². The van der Waals surface area contributed by atoms with Crippen molar-refractivity contribution in [3.63, 3.8) is 0 Å². The lowest BCUT2D eigenvalue weighted by Gasteiger charge is -2.08. The van der Waals surface area contributed by atoms with Crippen LogP contribution in [0.1, 0.15) is 9.67 Å². The molecule has 2 heterocycles. The Bertz CT molecular complexity index is 487. The van der Waals surface area contributed by atoms with Gasteiger partial charge in [0.25, 0.3) is 5.91 Å².